The monoisotopic (exact) mass is 368 g/mol. The number of amides is 1. The molecule has 1 atom stereocenters. The predicted octanol–water partition coefficient (Wildman–Crippen LogP) is 3.25. The molecule has 6 heteroatoms. The van der Waals surface area contributed by atoms with Gasteiger partial charge in [-0.05, 0) is 41.8 Å². The predicted molar refractivity (Wildman–Crippen MR) is 103 cm³/mol. The maximum absolute atomic E-state index is 13.2. The summed E-state index contributed by atoms with van der Waals surface area (Å²) in [4.78, 5) is 28.5. The van der Waals surface area contributed by atoms with E-state index < -0.39 is 12.1 Å². The first kappa shape index (κ1) is 17.8. The highest BCUT2D eigenvalue weighted by Gasteiger charge is 2.39. The molecule has 2 fully saturated rings. The summed E-state index contributed by atoms with van der Waals surface area (Å²) in [5.74, 6) is 0.640. The Bertz CT molecular complexity index is 878. The Labute approximate surface area is 158 Å². The van der Waals surface area contributed by atoms with Crippen LogP contribution in [0.2, 0.25) is 0 Å². The summed E-state index contributed by atoms with van der Waals surface area (Å²) in [5, 5.41) is 11.5. The van der Waals surface area contributed by atoms with E-state index in [1.54, 1.807) is 13.2 Å². The van der Waals surface area contributed by atoms with E-state index in [1.807, 2.05) is 30.3 Å². The van der Waals surface area contributed by atoms with Crippen LogP contribution in [0.5, 0.6) is 5.75 Å². The Morgan fingerprint density at radius 1 is 1.07 bits per heavy atom. The average Bonchev–Trinajstić information content (AvgIpc) is 2.65. The number of carboxylic acid groups (broad SMARTS) is 1. The Balaban J connectivity index is 1.61. The second kappa shape index (κ2) is 7.19. The molecule has 1 unspecified atom stereocenters. The van der Waals surface area contributed by atoms with E-state index in [-0.39, 0.29) is 5.78 Å². The van der Waals surface area contributed by atoms with E-state index in [4.69, 9.17) is 4.74 Å². The number of rotatable bonds is 4. The third kappa shape index (κ3) is 3.37. The van der Waals surface area contributed by atoms with Gasteiger partial charge in [-0.25, -0.2) is 4.79 Å². The fourth-order valence-corrected chi connectivity index (χ4v) is 4.04. The quantitative estimate of drug-likeness (QED) is 0.839. The van der Waals surface area contributed by atoms with Gasteiger partial charge in [0.1, 0.15) is 11.8 Å². The van der Waals surface area contributed by atoms with Crippen LogP contribution in [0.4, 0.5) is 4.79 Å². The van der Waals surface area contributed by atoms with Crippen molar-refractivity contribution in [3.63, 3.8) is 0 Å². The van der Waals surface area contributed by atoms with E-state index in [0.717, 1.165) is 29.4 Å². The van der Waals surface area contributed by atoms with Gasteiger partial charge in [0.05, 0.1) is 7.11 Å². The molecule has 2 aromatic rings. The number of benzene rings is 2. The fourth-order valence-electron chi connectivity index (χ4n) is 4.04. The average molecular weight is 368 g/mol. The van der Waals surface area contributed by atoms with Crippen LogP contribution in [0.25, 0.3) is 10.8 Å². The zero-order chi connectivity index (χ0) is 19.0. The number of hydrogen-bond acceptors (Lipinski definition) is 4. The molecular weight excluding hydrogens is 344 g/mol. The molecule has 0 spiro atoms. The first-order valence-corrected chi connectivity index (χ1v) is 9.42. The molecule has 1 heterocycles. The summed E-state index contributed by atoms with van der Waals surface area (Å²) in [6.07, 6.45) is 2.49. The molecule has 0 aromatic heterocycles. The lowest BCUT2D eigenvalue weighted by Crippen LogP contribution is -2.60. The number of carbonyl (C=O) groups excluding carboxylic acids is 1. The van der Waals surface area contributed by atoms with Crippen LogP contribution in [-0.2, 0) is 0 Å². The van der Waals surface area contributed by atoms with E-state index >= 15 is 0 Å². The van der Waals surface area contributed by atoms with Crippen molar-refractivity contribution in [1.29, 1.82) is 0 Å². The Hall–Kier alpha value is -2.60. The van der Waals surface area contributed by atoms with Crippen LogP contribution in [0.15, 0.2) is 36.4 Å². The van der Waals surface area contributed by atoms with Crippen molar-refractivity contribution in [2.24, 2.45) is 0 Å². The number of carbonyl (C=O) groups is 2. The van der Waals surface area contributed by atoms with Gasteiger partial charge in [-0.3, -0.25) is 14.6 Å². The van der Waals surface area contributed by atoms with Gasteiger partial charge in [-0.1, -0.05) is 24.6 Å². The lowest BCUT2D eigenvalue weighted by molar-refractivity contribution is 0.0261. The Kier molecular flexibility index (Phi) is 4.74. The zero-order valence-electron chi connectivity index (χ0n) is 15.4. The second-order valence-electron chi connectivity index (χ2n) is 7.36. The summed E-state index contributed by atoms with van der Waals surface area (Å²) >= 11 is 0. The van der Waals surface area contributed by atoms with Crippen molar-refractivity contribution < 1.29 is 19.4 Å². The normalized spacial score (nSPS) is 21.1. The zero-order valence-corrected chi connectivity index (χ0v) is 15.4. The number of piperazine rings is 1. The molecule has 1 saturated carbocycles. The van der Waals surface area contributed by atoms with Gasteiger partial charge in [0.15, 0.2) is 5.78 Å². The third-order valence-electron chi connectivity index (χ3n) is 5.88. The van der Waals surface area contributed by atoms with Crippen molar-refractivity contribution in [2.45, 2.75) is 31.3 Å². The van der Waals surface area contributed by atoms with Crippen LogP contribution in [-0.4, -0.2) is 65.6 Å². The third-order valence-corrected chi connectivity index (χ3v) is 5.88. The molecule has 0 radical (unpaired) electrons. The number of hydrogen-bond donors (Lipinski definition) is 1. The minimum absolute atomic E-state index is 0.126. The highest BCUT2D eigenvalue weighted by atomic mass is 16.5. The standard InChI is InChI=1S/C21H24N2O4/c1-27-18-8-7-14-11-16(6-5-15(14)12-18)20(24)19-13-22(17-3-2-4-17)9-10-23(19)21(25)26/h5-8,11-12,17,19H,2-4,9-10,13H2,1H3,(H,25,26). The lowest BCUT2D eigenvalue weighted by Gasteiger charge is -2.45. The van der Waals surface area contributed by atoms with Gasteiger partial charge in [-0.15, -0.1) is 0 Å². The topological polar surface area (TPSA) is 70.1 Å². The molecular formula is C21H24N2O4. The Morgan fingerprint density at radius 2 is 1.81 bits per heavy atom. The molecule has 1 aliphatic carbocycles. The number of ketones is 1. The summed E-state index contributed by atoms with van der Waals surface area (Å²) in [5.41, 5.74) is 0.555. The highest BCUT2D eigenvalue weighted by Crippen LogP contribution is 2.28. The van der Waals surface area contributed by atoms with Crippen molar-refractivity contribution in [3.8, 4) is 5.75 Å². The van der Waals surface area contributed by atoms with Crippen LogP contribution < -0.4 is 4.74 Å². The summed E-state index contributed by atoms with van der Waals surface area (Å²) in [7, 11) is 1.62. The maximum Gasteiger partial charge on any atom is 0.408 e. The van der Waals surface area contributed by atoms with Gasteiger partial charge in [0.2, 0.25) is 0 Å². The van der Waals surface area contributed by atoms with Crippen molar-refractivity contribution in [3.05, 3.63) is 42.0 Å². The highest BCUT2D eigenvalue weighted by molar-refractivity contribution is 6.04. The van der Waals surface area contributed by atoms with Crippen LogP contribution in [0, 0.1) is 0 Å². The first-order valence-electron chi connectivity index (χ1n) is 9.42. The molecule has 1 amide bonds. The molecule has 0 bridgehead atoms. The lowest BCUT2D eigenvalue weighted by atomic mass is 9.89. The van der Waals surface area contributed by atoms with Gasteiger partial charge >= 0.3 is 6.09 Å². The van der Waals surface area contributed by atoms with Gasteiger partial charge in [0, 0.05) is 31.2 Å². The van der Waals surface area contributed by atoms with Gasteiger partial charge in [0.25, 0.3) is 0 Å². The number of methoxy groups -OCH3 is 1. The minimum atomic E-state index is -1.02. The number of nitrogens with zero attached hydrogens (tertiary/aromatic N) is 2. The molecule has 2 aromatic carbocycles. The van der Waals surface area contributed by atoms with E-state index in [2.05, 4.69) is 4.90 Å². The van der Waals surface area contributed by atoms with Crippen LogP contribution >= 0.6 is 0 Å². The van der Waals surface area contributed by atoms with Gasteiger partial charge in [-0.2, -0.15) is 0 Å². The summed E-state index contributed by atoms with van der Waals surface area (Å²) < 4.78 is 5.24. The SMILES string of the molecule is COc1ccc2cc(C(=O)C3CN(C4CCC4)CCN3C(=O)O)ccc2c1. The smallest absolute Gasteiger partial charge is 0.408 e. The number of ether oxygens (including phenoxy) is 1. The number of fused-ring (bicyclic) bond motifs is 1. The first-order chi connectivity index (χ1) is 13.1. The maximum atomic E-state index is 13.2. The van der Waals surface area contributed by atoms with E-state index in [1.165, 1.54) is 11.3 Å². The Morgan fingerprint density at radius 3 is 2.48 bits per heavy atom. The molecule has 4 rings (SSSR count). The summed E-state index contributed by atoms with van der Waals surface area (Å²) in [6.45, 7) is 1.57. The molecule has 6 nitrogen and oxygen atoms in total. The van der Waals surface area contributed by atoms with Crippen molar-refractivity contribution in [1.82, 2.24) is 9.80 Å². The van der Waals surface area contributed by atoms with Crippen LogP contribution in [0.1, 0.15) is 29.6 Å². The van der Waals surface area contributed by atoms with Crippen LogP contribution in [0.3, 0.4) is 0 Å². The summed E-state index contributed by atoms with van der Waals surface area (Å²) in [6, 6.07) is 11.1. The largest absolute Gasteiger partial charge is 0.497 e. The van der Waals surface area contributed by atoms with E-state index in [9.17, 15) is 14.7 Å². The van der Waals surface area contributed by atoms with Gasteiger partial charge < -0.3 is 9.84 Å². The molecule has 27 heavy (non-hydrogen) atoms. The van der Waals surface area contributed by atoms with Crippen molar-refractivity contribution in [2.75, 3.05) is 26.7 Å². The molecule has 1 aliphatic heterocycles. The molecule has 1 saturated heterocycles. The van der Waals surface area contributed by atoms with E-state index in [0.29, 0.717) is 31.2 Å². The fraction of sp³-hybridized carbons (Fsp3) is 0.429. The second-order valence-corrected chi connectivity index (χ2v) is 7.36. The molecule has 1 N–H and O–H groups in total. The van der Waals surface area contributed by atoms with Crippen molar-refractivity contribution >= 4 is 22.6 Å². The minimum Gasteiger partial charge on any atom is -0.497 e. The molecule has 142 valence electrons. The molecule has 2 aliphatic rings. The number of Topliss-reactive ketones (excluding diaryl/α,β-unsaturated/α-hetero) is 1.